The molecule has 0 spiro atoms. The highest BCUT2D eigenvalue weighted by Crippen LogP contribution is 2.47. The minimum Gasteiger partial charge on any atom is -0.497 e. The van der Waals surface area contributed by atoms with Gasteiger partial charge < -0.3 is 14.8 Å². The molecule has 1 N–H and O–H groups in total. The molecule has 3 nitrogen and oxygen atoms in total. The van der Waals surface area contributed by atoms with Gasteiger partial charge in [0.15, 0.2) is 0 Å². The zero-order valence-corrected chi connectivity index (χ0v) is 18.2. The number of allylic oxidation sites excluding steroid dienone is 2. The van der Waals surface area contributed by atoms with Gasteiger partial charge in [-0.1, -0.05) is 52.0 Å². The molecule has 0 amide bonds. The predicted molar refractivity (Wildman–Crippen MR) is 124 cm³/mol. The number of fused-ring (bicyclic) bond motifs is 3. The number of hydrogen-bond acceptors (Lipinski definition) is 3. The van der Waals surface area contributed by atoms with Crippen LogP contribution in [0.1, 0.15) is 62.3 Å². The quantitative estimate of drug-likeness (QED) is 0.617. The second kappa shape index (κ2) is 9.69. The fourth-order valence-electron chi connectivity index (χ4n) is 4.04. The lowest BCUT2D eigenvalue weighted by molar-refractivity contribution is 0.316. The van der Waals surface area contributed by atoms with Crippen LogP contribution in [-0.4, -0.2) is 13.7 Å². The second-order valence-electron chi connectivity index (χ2n) is 7.24. The number of rotatable bonds is 4. The zero-order chi connectivity index (χ0) is 20.8. The van der Waals surface area contributed by atoms with Gasteiger partial charge in [-0.2, -0.15) is 0 Å². The number of aryl methyl sites for hydroxylation is 2. The lowest BCUT2D eigenvalue weighted by Crippen LogP contribution is -2.11. The molecule has 0 unspecified atom stereocenters. The maximum atomic E-state index is 6.22. The standard InChI is InChI=1S/C24H27NO2.C2H6/c1-4-7-18-14-19-8-5-6-13-27-24(19)22-16(2)21(15-25-23(18)22)17-9-11-20(26-3)12-10-17;1-2/h9-12,14-15,25H,2,4-8,13H2,1,3H3;1-2H3. The fourth-order valence-corrected chi connectivity index (χ4v) is 4.04. The molecular weight excluding hydrogens is 358 g/mol. The van der Waals surface area contributed by atoms with Crippen LogP contribution in [0.2, 0.25) is 0 Å². The summed E-state index contributed by atoms with van der Waals surface area (Å²) in [5, 5.41) is 3.56. The SMILES string of the molecule is C=C1C(c2ccc(OC)cc2)=CNc2c(CCC)cc3c(c21)OCCCC3.CC. The van der Waals surface area contributed by atoms with E-state index in [2.05, 4.69) is 43.2 Å². The molecule has 0 aliphatic carbocycles. The highest BCUT2D eigenvalue weighted by molar-refractivity contribution is 6.11. The third-order valence-corrected chi connectivity index (χ3v) is 5.43. The number of ether oxygens (including phenoxy) is 2. The van der Waals surface area contributed by atoms with Crippen LogP contribution >= 0.6 is 0 Å². The summed E-state index contributed by atoms with van der Waals surface area (Å²) in [6.45, 7) is 11.5. The van der Waals surface area contributed by atoms with Gasteiger partial charge in [0.1, 0.15) is 11.5 Å². The summed E-state index contributed by atoms with van der Waals surface area (Å²) in [5.74, 6) is 1.88. The molecule has 0 fully saturated rings. The number of benzene rings is 2. The van der Waals surface area contributed by atoms with Gasteiger partial charge in [0.05, 0.1) is 19.4 Å². The largest absolute Gasteiger partial charge is 0.497 e. The molecule has 0 atom stereocenters. The van der Waals surface area contributed by atoms with Crippen molar-refractivity contribution in [3.63, 3.8) is 0 Å². The Morgan fingerprint density at radius 3 is 2.59 bits per heavy atom. The molecule has 3 heteroatoms. The van der Waals surface area contributed by atoms with Crippen LogP contribution in [0.25, 0.3) is 11.1 Å². The Kier molecular flexibility index (Phi) is 7.03. The monoisotopic (exact) mass is 391 g/mol. The topological polar surface area (TPSA) is 30.5 Å². The van der Waals surface area contributed by atoms with Crippen LogP contribution < -0.4 is 14.8 Å². The van der Waals surface area contributed by atoms with E-state index in [1.807, 2.05) is 26.0 Å². The summed E-state index contributed by atoms with van der Waals surface area (Å²) in [7, 11) is 1.69. The van der Waals surface area contributed by atoms with Crippen LogP contribution in [0.5, 0.6) is 11.5 Å². The molecule has 29 heavy (non-hydrogen) atoms. The van der Waals surface area contributed by atoms with Crippen molar-refractivity contribution in [2.75, 3.05) is 19.0 Å². The number of nitrogens with one attached hydrogen (secondary N) is 1. The van der Waals surface area contributed by atoms with Gasteiger partial charge in [0.2, 0.25) is 0 Å². The molecule has 0 aromatic heterocycles. The van der Waals surface area contributed by atoms with Crippen molar-refractivity contribution in [3.8, 4) is 11.5 Å². The first kappa shape index (κ1) is 21.0. The molecule has 0 radical (unpaired) electrons. The smallest absolute Gasteiger partial charge is 0.132 e. The Morgan fingerprint density at radius 2 is 1.90 bits per heavy atom. The average molecular weight is 392 g/mol. The van der Waals surface area contributed by atoms with Crippen molar-refractivity contribution < 1.29 is 9.47 Å². The summed E-state index contributed by atoms with van der Waals surface area (Å²) in [6.07, 6.45) is 7.62. The predicted octanol–water partition coefficient (Wildman–Crippen LogP) is 6.87. The molecule has 0 bridgehead atoms. The van der Waals surface area contributed by atoms with E-state index >= 15 is 0 Å². The fraction of sp³-hybridized carbons (Fsp3) is 0.385. The molecule has 0 saturated heterocycles. The normalized spacial score (nSPS) is 14.8. The maximum absolute atomic E-state index is 6.22. The van der Waals surface area contributed by atoms with Crippen molar-refractivity contribution in [2.24, 2.45) is 0 Å². The van der Waals surface area contributed by atoms with Crippen molar-refractivity contribution in [2.45, 2.75) is 52.9 Å². The Labute approximate surface area is 175 Å². The maximum Gasteiger partial charge on any atom is 0.132 e. The lowest BCUT2D eigenvalue weighted by Gasteiger charge is -2.27. The van der Waals surface area contributed by atoms with Gasteiger partial charge in [-0.25, -0.2) is 0 Å². The van der Waals surface area contributed by atoms with Crippen LogP contribution in [0.15, 0.2) is 43.1 Å². The summed E-state index contributed by atoms with van der Waals surface area (Å²) >= 11 is 0. The van der Waals surface area contributed by atoms with Gasteiger partial charge in [0.25, 0.3) is 0 Å². The van der Waals surface area contributed by atoms with Gasteiger partial charge in [-0.15, -0.1) is 0 Å². The Hall–Kier alpha value is -2.68. The van der Waals surface area contributed by atoms with E-state index in [1.54, 1.807) is 7.11 Å². The van der Waals surface area contributed by atoms with E-state index in [-0.39, 0.29) is 0 Å². The first-order valence-electron chi connectivity index (χ1n) is 10.8. The number of anilines is 1. The van der Waals surface area contributed by atoms with E-state index in [4.69, 9.17) is 9.47 Å². The van der Waals surface area contributed by atoms with Crippen LogP contribution in [0, 0.1) is 0 Å². The molecule has 2 aromatic rings. The highest BCUT2D eigenvalue weighted by Gasteiger charge is 2.26. The van der Waals surface area contributed by atoms with E-state index in [1.165, 1.54) is 23.2 Å². The van der Waals surface area contributed by atoms with Crippen molar-refractivity contribution in [1.29, 1.82) is 0 Å². The summed E-state index contributed by atoms with van der Waals surface area (Å²) < 4.78 is 11.5. The first-order chi connectivity index (χ1) is 14.2. The summed E-state index contributed by atoms with van der Waals surface area (Å²) in [4.78, 5) is 0. The summed E-state index contributed by atoms with van der Waals surface area (Å²) in [6, 6.07) is 10.5. The zero-order valence-electron chi connectivity index (χ0n) is 18.2. The molecule has 0 saturated carbocycles. The van der Waals surface area contributed by atoms with E-state index in [0.717, 1.165) is 66.1 Å². The van der Waals surface area contributed by atoms with Crippen LogP contribution in [0.3, 0.4) is 0 Å². The summed E-state index contributed by atoms with van der Waals surface area (Å²) in [5.41, 5.74) is 8.27. The third kappa shape index (κ3) is 4.19. The van der Waals surface area contributed by atoms with Gasteiger partial charge in [0, 0.05) is 17.3 Å². The average Bonchev–Trinajstić information content (AvgIpc) is 3.01. The third-order valence-electron chi connectivity index (χ3n) is 5.43. The lowest BCUT2D eigenvalue weighted by atomic mass is 9.86. The van der Waals surface area contributed by atoms with E-state index in [0.29, 0.717) is 0 Å². The van der Waals surface area contributed by atoms with Crippen LogP contribution in [0.4, 0.5) is 5.69 Å². The van der Waals surface area contributed by atoms with Gasteiger partial charge in [-0.05, 0) is 60.1 Å². The van der Waals surface area contributed by atoms with Gasteiger partial charge in [-0.3, -0.25) is 0 Å². The minimum absolute atomic E-state index is 0.779. The van der Waals surface area contributed by atoms with E-state index < -0.39 is 0 Å². The Bertz CT molecular complexity index is 894. The molecule has 2 aliphatic rings. The molecule has 154 valence electrons. The van der Waals surface area contributed by atoms with E-state index in [9.17, 15) is 0 Å². The Morgan fingerprint density at radius 1 is 1.14 bits per heavy atom. The van der Waals surface area contributed by atoms with Crippen LogP contribution in [-0.2, 0) is 12.8 Å². The second-order valence-corrected chi connectivity index (χ2v) is 7.24. The molecule has 2 aromatic carbocycles. The van der Waals surface area contributed by atoms with Gasteiger partial charge >= 0.3 is 0 Å². The first-order valence-corrected chi connectivity index (χ1v) is 10.8. The highest BCUT2D eigenvalue weighted by atomic mass is 16.5. The molecule has 2 aliphatic heterocycles. The molecular formula is C26H33NO2. The van der Waals surface area contributed by atoms with Crippen molar-refractivity contribution in [3.05, 3.63) is 65.4 Å². The van der Waals surface area contributed by atoms with Crippen molar-refractivity contribution >= 4 is 16.8 Å². The number of methoxy groups -OCH3 is 1. The molecule has 4 rings (SSSR count). The Balaban J connectivity index is 0.00000117. The molecule has 2 heterocycles. The van der Waals surface area contributed by atoms with Crippen molar-refractivity contribution in [1.82, 2.24) is 0 Å². The number of hydrogen-bond donors (Lipinski definition) is 1. The minimum atomic E-state index is 0.779.